The average Bonchev–Trinajstić information content (AvgIpc) is 3.50. The van der Waals surface area contributed by atoms with Crippen molar-refractivity contribution in [3.63, 3.8) is 0 Å². The molecule has 0 aliphatic heterocycles. The van der Waals surface area contributed by atoms with Gasteiger partial charge in [0, 0.05) is 11.8 Å². The number of esters is 1. The molecule has 2 unspecified atom stereocenters. The number of hydrogen-bond acceptors (Lipinski definition) is 6. The Morgan fingerprint density at radius 3 is 2.26 bits per heavy atom. The Morgan fingerprint density at radius 2 is 1.63 bits per heavy atom. The second kappa shape index (κ2) is 13.2. The second-order valence-electron chi connectivity index (χ2n) is 9.04. The Balaban J connectivity index is 1.45. The fraction of sp³-hybridized carbons (Fsp3) is 0.258. The first-order valence-electron chi connectivity index (χ1n) is 12.7. The third kappa shape index (κ3) is 7.09. The molecule has 0 aliphatic carbocycles. The molecule has 1 aromatic heterocycles. The lowest BCUT2D eigenvalue weighted by atomic mass is 9.95. The van der Waals surface area contributed by atoms with Crippen LogP contribution in [0.25, 0.3) is 0 Å². The molecule has 0 radical (unpaired) electrons. The normalized spacial score (nSPS) is 13.0. The summed E-state index contributed by atoms with van der Waals surface area (Å²) in [6.45, 7) is 4.25. The van der Waals surface area contributed by atoms with E-state index in [0.29, 0.717) is 24.5 Å². The first-order chi connectivity index (χ1) is 18.6. The lowest BCUT2D eigenvalue weighted by molar-refractivity contribution is -0.143. The molecular formula is C31H33N3O4. The number of ether oxygens (including phenoxy) is 2. The monoisotopic (exact) mass is 511 g/mol. The van der Waals surface area contributed by atoms with Gasteiger partial charge >= 0.3 is 5.97 Å². The number of carbonyl (C=O) groups excluding carboxylic acids is 1. The fourth-order valence-corrected chi connectivity index (χ4v) is 4.13. The van der Waals surface area contributed by atoms with Crippen LogP contribution in [0.15, 0.2) is 96.4 Å². The largest absolute Gasteiger partial charge is 0.481 e. The fourth-order valence-electron chi connectivity index (χ4n) is 4.13. The highest BCUT2D eigenvalue weighted by atomic mass is 16.6. The highest BCUT2D eigenvalue weighted by molar-refractivity contribution is 6.00. The van der Waals surface area contributed by atoms with Crippen molar-refractivity contribution < 1.29 is 19.1 Å². The van der Waals surface area contributed by atoms with Gasteiger partial charge < -0.3 is 14.3 Å². The van der Waals surface area contributed by atoms with E-state index in [1.807, 2.05) is 60.8 Å². The van der Waals surface area contributed by atoms with Gasteiger partial charge in [0.2, 0.25) is 0 Å². The van der Waals surface area contributed by atoms with Gasteiger partial charge in [-0.2, -0.15) is 5.10 Å². The number of H-pyrrole nitrogens is 1. The molecule has 2 atom stereocenters. The van der Waals surface area contributed by atoms with Gasteiger partial charge in [-0.1, -0.05) is 78.8 Å². The maximum absolute atomic E-state index is 12.5. The second-order valence-corrected chi connectivity index (χ2v) is 9.04. The van der Waals surface area contributed by atoms with Crippen LogP contribution >= 0.6 is 0 Å². The summed E-state index contributed by atoms with van der Waals surface area (Å²) in [6, 6.07) is 25.9. The van der Waals surface area contributed by atoms with Crippen molar-refractivity contribution in [3.05, 3.63) is 119 Å². The maximum Gasteiger partial charge on any atom is 0.314 e. The number of methoxy groups -OCH3 is 1. The van der Waals surface area contributed by atoms with E-state index in [0.717, 1.165) is 28.7 Å². The van der Waals surface area contributed by atoms with E-state index in [1.165, 1.54) is 12.7 Å². The summed E-state index contributed by atoms with van der Waals surface area (Å²) in [4.78, 5) is 18.0. The van der Waals surface area contributed by atoms with E-state index in [2.05, 4.69) is 46.5 Å². The highest BCUT2D eigenvalue weighted by Crippen LogP contribution is 2.29. The summed E-state index contributed by atoms with van der Waals surface area (Å²) >= 11 is 0. The molecule has 0 fully saturated rings. The molecule has 3 aromatic carbocycles. The molecule has 0 bridgehead atoms. The first kappa shape index (κ1) is 26.7. The smallest absolute Gasteiger partial charge is 0.314 e. The number of aromatic amines is 1. The van der Waals surface area contributed by atoms with Gasteiger partial charge in [-0.3, -0.25) is 9.89 Å². The van der Waals surface area contributed by atoms with Crippen molar-refractivity contribution in [2.24, 2.45) is 11.1 Å². The summed E-state index contributed by atoms with van der Waals surface area (Å²) in [5.74, 6) is -0.200. The minimum atomic E-state index is -0.557. The number of aryl methyl sites for hydroxylation is 1. The Morgan fingerprint density at radius 1 is 0.921 bits per heavy atom. The lowest BCUT2D eigenvalue weighted by Crippen LogP contribution is -2.26. The van der Waals surface area contributed by atoms with E-state index in [9.17, 15) is 4.79 Å². The van der Waals surface area contributed by atoms with Gasteiger partial charge in [0.25, 0.3) is 0 Å². The van der Waals surface area contributed by atoms with Crippen LogP contribution < -0.4 is 4.74 Å². The van der Waals surface area contributed by atoms with Crippen LogP contribution in [-0.4, -0.2) is 29.0 Å². The zero-order valence-corrected chi connectivity index (χ0v) is 22.0. The van der Waals surface area contributed by atoms with Gasteiger partial charge in [-0.05, 0) is 54.2 Å². The van der Waals surface area contributed by atoms with Crippen molar-refractivity contribution in [2.45, 2.75) is 39.4 Å². The molecule has 0 aliphatic rings. The quantitative estimate of drug-likeness (QED) is 0.142. The van der Waals surface area contributed by atoms with Crippen molar-refractivity contribution in [2.75, 3.05) is 7.11 Å². The molecule has 4 aromatic rings. The Labute approximate surface area is 223 Å². The maximum atomic E-state index is 12.5. The average molecular weight is 512 g/mol. The molecule has 0 saturated heterocycles. The lowest BCUT2D eigenvalue weighted by Gasteiger charge is -2.19. The third-order valence-electron chi connectivity index (χ3n) is 6.40. The zero-order valence-electron chi connectivity index (χ0n) is 22.0. The van der Waals surface area contributed by atoms with Crippen LogP contribution in [0.3, 0.4) is 0 Å². The predicted molar refractivity (Wildman–Crippen MR) is 147 cm³/mol. The molecule has 0 amide bonds. The van der Waals surface area contributed by atoms with E-state index in [4.69, 9.17) is 14.3 Å². The standard InChI is InChI=1S/C31H33N3O4/c1-4-23-10-14-26(15-11-23)30(27-19-32-33-20-27)38-28-16-12-24(13-17-28)18-29(31(35)36-3)22(2)34-37-21-25-8-6-5-7-9-25/h5-17,19-20,29-30H,4,18,21H2,1-3H3,(H,32,33). The third-order valence-corrected chi connectivity index (χ3v) is 6.40. The molecule has 1 N–H and O–H groups in total. The Bertz CT molecular complexity index is 1300. The van der Waals surface area contributed by atoms with Gasteiger partial charge in [-0.25, -0.2) is 0 Å². The van der Waals surface area contributed by atoms with Gasteiger partial charge in [0.05, 0.1) is 19.0 Å². The minimum Gasteiger partial charge on any atom is -0.481 e. The van der Waals surface area contributed by atoms with E-state index >= 15 is 0 Å². The van der Waals surface area contributed by atoms with Crippen molar-refractivity contribution in [1.82, 2.24) is 10.2 Å². The highest BCUT2D eigenvalue weighted by Gasteiger charge is 2.24. The van der Waals surface area contributed by atoms with Crippen LogP contribution in [0.4, 0.5) is 0 Å². The zero-order chi connectivity index (χ0) is 26.7. The molecule has 38 heavy (non-hydrogen) atoms. The number of benzene rings is 3. The van der Waals surface area contributed by atoms with Crippen LogP contribution in [0.1, 0.15) is 47.8 Å². The summed E-state index contributed by atoms with van der Waals surface area (Å²) in [5.41, 5.74) is 5.77. The Hall–Kier alpha value is -4.39. The van der Waals surface area contributed by atoms with Gasteiger partial charge in [0.15, 0.2) is 6.10 Å². The number of hydrogen-bond donors (Lipinski definition) is 1. The summed E-state index contributed by atoms with van der Waals surface area (Å²) in [5, 5.41) is 11.2. The van der Waals surface area contributed by atoms with Gasteiger partial charge in [0.1, 0.15) is 18.3 Å². The first-order valence-corrected chi connectivity index (χ1v) is 12.7. The van der Waals surface area contributed by atoms with Crippen molar-refractivity contribution >= 4 is 11.7 Å². The molecule has 0 spiro atoms. The number of nitrogens with one attached hydrogen (secondary N) is 1. The van der Waals surface area contributed by atoms with Crippen molar-refractivity contribution in [3.8, 4) is 5.75 Å². The predicted octanol–water partition coefficient (Wildman–Crippen LogP) is 6.06. The van der Waals surface area contributed by atoms with Crippen LogP contribution in [0, 0.1) is 5.92 Å². The summed E-state index contributed by atoms with van der Waals surface area (Å²) in [6.07, 6.45) is 4.73. The molecule has 7 heteroatoms. The topological polar surface area (TPSA) is 85.8 Å². The molecular weight excluding hydrogens is 478 g/mol. The molecule has 196 valence electrons. The molecule has 0 saturated carbocycles. The van der Waals surface area contributed by atoms with E-state index in [-0.39, 0.29) is 12.1 Å². The Kier molecular flexibility index (Phi) is 9.29. The van der Waals surface area contributed by atoms with E-state index in [1.54, 1.807) is 13.1 Å². The van der Waals surface area contributed by atoms with Crippen LogP contribution in [0.2, 0.25) is 0 Å². The van der Waals surface area contributed by atoms with E-state index < -0.39 is 5.92 Å². The number of nitrogens with zero attached hydrogens (tertiary/aromatic N) is 2. The minimum absolute atomic E-state index is 0.301. The number of oxime groups is 1. The number of carbonyl (C=O) groups is 1. The molecule has 1 heterocycles. The SMILES string of the molecule is CCc1ccc(C(Oc2ccc(CC(C(=O)OC)C(C)=NOCc3ccccc3)cc2)c2cn[nH]c2)cc1. The summed E-state index contributed by atoms with van der Waals surface area (Å²) < 4.78 is 11.4. The van der Waals surface area contributed by atoms with Crippen LogP contribution in [-0.2, 0) is 33.8 Å². The van der Waals surface area contributed by atoms with Gasteiger partial charge in [-0.15, -0.1) is 0 Å². The van der Waals surface area contributed by atoms with Crippen molar-refractivity contribution in [1.29, 1.82) is 0 Å². The number of rotatable bonds is 12. The molecule has 4 rings (SSSR count). The molecule has 7 nitrogen and oxygen atoms in total. The summed E-state index contributed by atoms with van der Waals surface area (Å²) in [7, 11) is 1.38. The number of aromatic nitrogens is 2. The van der Waals surface area contributed by atoms with Crippen LogP contribution in [0.5, 0.6) is 5.75 Å².